The van der Waals surface area contributed by atoms with Gasteiger partial charge in [-0.3, -0.25) is 9.59 Å². The number of hydrogen-bond acceptors (Lipinski definition) is 5. The van der Waals surface area contributed by atoms with Crippen LogP contribution in [-0.2, 0) is 12.8 Å². The minimum Gasteiger partial charge on any atom is -0.354 e. The molecule has 1 saturated heterocycles. The molecule has 1 fully saturated rings. The van der Waals surface area contributed by atoms with Crippen molar-refractivity contribution >= 4 is 40.3 Å². The molecule has 7 rings (SSSR count). The molecule has 4 heterocycles. The van der Waals surface area contributed by atoms with Crippen molar-refractivity contribution in [2.75, 3.05) is 28.2 Å². The summed E-state index contributed by atoms with van der Waals surface area (Å²) in [6.07, 6.45) is 4.87. The molecule has 1 N–H and O–H groups in total. The number of aryl methyl sites for hydroxylation is 2. The summed E-state index contributed by atoms with van der Waals surface area (Å²) in [5.41, 5.74) is 5.29. The van der Waals surface area contributed by atoms with Gasteiger partial charge in [0.1, 0.15) is 17.3 Å². The van der Waals surface area contributed by atoms with Crippen molar-refractivity contribution in [3.05, 3.63) is 130 Å². The number of fused-ring (bicyclic) bond motifs is 3. The number of halogens is 1. The number of rotatable bonds is 7. The van der Waals surface area contributed by atoms with E-state index < -0.39 is 5.82 Å². The summed E-state index contributed by atoms with van der Waals surface area (Å²) < 4.78 is 14.4. The Labute approximate surface area is 272 Å². The third kappa shape index (κ3) is 5.93. The van der Waals surface area contributed by atoms with Crippen LogP contribution in [-0.4, -0.2) is 35.9 Å². The van der Waals surface area contributed by atoms with Crippen molar-refractivity contribution in [1.82, 2.24) is 4.98 Å². The SMILES string of the molecule is Cc1cccc(F)c1NC(=O)c1cc2c(s1)-c1ccccc1N(C(=O)c1cccc(N3CCC[C@H]3CCc3ccccc3)n1)CC2. The first kappa shape index (κ1) is 29.9. The van der Waals surface area contributed by atoms with Gasteiger partial charge in [0.25, 0.3) is 11.8 Å². The molecule has 0 radical (unpaired) electrons. The molecule has 2 aliphatic rings. The van der Waals surface area contributed by atoms with Crippen LogP contribution in [0.2, 0.25) is 0 Å². The zero-order valence-corrected chi connectivity index (χ0v) is 26.5. The van der Waals surface area contributed by atoms with E-state index in [1.165, 1.54) is 23.0 Å². The zero-order valence-electron chi connectivity index (χ0n) is 25.7. The van der Waals surface area contributed by atoms with Crippen LogP contribution in [0.25, 0.3) is 10.4 Å². The largest absolute Gasteiger partial charge is 0.354 e. The summed E-state index contributed by atoms with van der Waals surface area (Å²) in [5, 5.41) is 2.76. The molecule has 46 heavy (non-hydrogen) atoms. The number of pyridine rings is 1. The molecule has 6 nitrogen and oxygen atoms in total. The van der Waals surface area contributed by atoms with Gasteiger partial charge in [-0.1, -0.05) is 66.7 Å². The normalized spacial score (nSPS) is 15.7. The molecule has 232 valence electrons. The van der Waals surface area contributed by atoms with Crippen LogP contribution in [0.1, 0.15) is 56.1 Å². The summed E-state index contributed by atoms with van der Waals surface area (Å²) in [4.78, 5) is 37.9. The number of carbonyl (C=O) groups is 2. The van der Waals surface area contributed by atoms with E-state index in [4.69, 9.17) is 4.98 Å². The molecule has 0 saturated carbocycles. The maximum absolute atomic E-state index is 14.4. The Hall–Kier alpha value is -4.82. The summed E-state index contributed by atoms with van der Waals surface area (Å²) in [6, 6.07) is 31.1. The average molecular weight is 631 g/mol. The monoisotopic (exact) mass is 630 g/mol. The van der Waals surface area contributed by atoms with E-state index >= 15 is 0 Å². The van der Waals surface area contributed by atoms with E-state index in [1.807, 2.05) is 53.4 Å². The van der Waals surface area contributed by atoms with Gasteiger partial charge in [0, 0.05) is 29.6 Å². The molecule has 2 aliphatic heterocycles. The fourth-order valence-corrected chi connectivity index (χ4v) is 7.78. The topological polar surface area (TPSA) is 65.5 Å². The van der Waals surface area contributed by atoms with Crippen LogP contribution in [0.3, 0.4) is 0 Å². The molecule has 0 spiro atoms. The molecule has 2 aromatic heterocycles. The minimum atomic E-state index is -0.462. The number of benzene rings is 3. The molecule has 0 aliphatic carbocycles. The molecule has 2 amide bonds. The van der Waals surface area contributed by atoms with Gasteiger partial charge in [-0.15, -0.1) is 11.3 Å². The van der Waals surface area contributed by atoms with E-state index in [0.717, 1.165) is 59.7 Å². The summed E-state index contributed by atoms with van der Waals surface area (Å²) in [6.45, 7) is 3.15. The first-order valence-electron chi connectivity index (χ1n) is 15.8. The molecule has 3 aromatic carbocycles. The number of thiophene rings is 1. The first-order chi connectivity index (χ1) is 22.5. The van der Waals surface area contributed by atoms with E-state index in [1.54, 1.807) is 25.1 Å². The number of para-hydroxylation sites is 2. The summed E-state index contributed by atoms with van der Waals surface area (Å²) in [5.74, 6) is -0.0976. The fraction of sp³-hybridized carbons (Fsp3) is 0.237. The minimum absolute atomic E-state index is 0.141. The van der Waals surface area contributed by atoms with Crippen LogP contribution in [0.4, 0.5) is 21.6 Å². The number of nitrogens with zero attached hydrogens (tertiary/aromatic N) is 3. The van der Waals surface area contributed by atoms with Crippen LogP contribution in [0, 0.1) is 12.7 Å². The smallest absolute Gasteiger partial charge is 0.276 e. The van der Waals surface area contributed by atoms with Gasteiger partial charge in [0.05, 0.1) is 16.3 Å². The quantitative estimate of drug-likeness (QED) is 0.196. The zero-order chi connectivity index (χ0) is 31.6. The van der Waals surface area contributed by atoms with E-state index in [-0.39, 0.29) is 17.5 Å². The average Bonchev–Trinajstić information content (AvgIpc) is 3.71. The van der Waals surface area contributed by atoms with Crippen molar-refractivity contribution in [1.29, 1.82) is 0 Å². The van der Waals surface area contributed by atoms with E-state index in [0.29, 0.717) is 35.1 Å². The fourth-order valence-electron chi connectivity index (χ4n) is 6.64. The number of amides is 2. The predicted octanol–water partition coefficient (Wildman–Crippen LogP) is 8.31. The number of anilines is 3. The van der Waals surface area contributed by atoms with Crippen molar-refractivity contribution < 1.29 is 14.0 Å². The van der Waals surface area contributed by atoms with Crippen molar-refractivity contribution in [2.45, 2.75) is 45.1 Å². The Bertz CT molecular complexity index is 1890. The second-order valence-corrected chi connectivity index (χ2v) is 13.0. The molecule has 1 atom stereocenters. The van der Waals surface area contributed by atoms with Crippen LogP contribution >= 0.6 is 11.3 Å². The Morgan fingerprint density at radius 1 is 0.957 bits per heavy atom. The molecule has 0 unspecified atom stereocenters. The van der Waals surface area contributed by atoms with Gasteiger partial charge in [-0.05, 0) is 86.1 Å². The maximum atomic E-state index is 14.4. The molecular weight excluding hydrogens is 596 g/mol. The highest BCUT2D eigenvalue weighted by molar-refractivity contribution is 7.17. The predicted molar refractivity (Wildman–Crippen MR) is 184 cm³/mol. The molecule has 5 aromatic rings. The van der Waals surface area contributed by atoms with Crippen molar-refractivity contribution in [2.24, 2.45) is 0 Å². The second kappa shape index (κ2) is 12.9. The van der Waals surface area contributed by atoms with Gasteiger partial charge in [0.15, 0.2) is 0 Å². The number of aromatic nitrogens is 1. The first-order valence-corrected chi connectivity index (χ1v) is 16.7. The lowest BCUT2D eigenvalue weighted by Gasteiger charge is -2.27. The number of carbonyl (C=O) groups excluding carboxylic acids is 2. The van der Waals surface area contributed by atoms with Crippen LogP contribution in [0.15, 0.2) is 97.1 Å². The van der Waals surface area contributed by atoms with Crippen molar-refractivity contribution in [3.8, 4) is 10.4 Å². The highest BCUT2D eigenvalue weighted by atomic mass is 32.1. The third-order valence-electron chi connectivity index (χ3n) is 9.02. The molecule has 8 heteroatoms. The van der Waals surface area contributed by atoms with E-state index in [2.05, 4.69) is 34.5 Å². The Morgan fingerprint density at radius 3 is 2.61 bits per heavy atom. The standard InChI is InChI=1S/C38H35FN4O2S/c1-25-10-7-15-30(39)35(25)41-37(44)33-24-27-21-23-43(32-17-6-5-14-29(32)36(27)46-33)38(45)31-16-8-18-34(40-31)42-22-9-13-28(42)20-19-26-11-3-2-4-12-26/h2-8,10-12,14-18,24,28H,9,13,19-23H2,1H3,(H,41,44)/t28-/m0/s1. The second-order valence-electron chi connectivity index (χ2n) is 12.0. The molecular formula is C38H35FN4O2S. The Balaban J connectivity index is 1.12. The maximum Gasteiger partial charge on any atom is 0.276 e. The Kier molecular flexibility index (Phi) is 8.37. The van der Waals surface area contributed by atoms with Gasteiger partial charge in [-0.25, -0.2) is 9.37 Å². The number of nitrogens with one attached hydrogen (secondary N) is 1. The highest BCUT2D eigenvalue weighted by Gasteiger charge is 2.30. The lowest BCUT2D eigenvalue weighted by atomic mass is 10.0. The summed E-state index contributed by atoms with van der Waals surface area (Å²) in [7, 11) is 0. The lowest BCUT2D eigenvalue weighted by Crippen LogP contribution is -2.34. The lowest BCUT2D eigenvalue weighted by molar-refractivity contribution is 0.0981. The third-order valence-corrected chi connectivity index (χ3v) is 10.2. The van der Waals surface area contributed by atoms with Gasteiger partial charge in [-0.2, -0.15) is 0 Å². The van der Waals surface area contributed by atoms with Crippen LogP contribution in [0.5, 0.6) is 0 Å². The Morgan fingerprint density at radius 2 is 1.76 bits per heavy atom. The summed E-state index contributed by atoms with van der Waals surface area (Å²) >= 11 is 1.37. The van der Waals surface area contributed by atoms with Gasteiger partial charge in [0.2, 0.25) is 0 Å². The van der Waals surface area contributed by atoms with E-state index in [9.17, 15) is 14.0 Å². The highest BCUT2D eigenvalue weighted by Crippen LogP contribution is 2.42. The van der Waals surface area contributed by atoms with Gasteiger partial charge < -0.3 is 15.1 Å². The van der Waals surface area contributed by atoms with Gasteiger partial charge >= 0.3 is 0 Å². The molecule has 0 bridgehead atoms. The van der Waals surface area contributed by atoms with Crippen LogP contribution < -0.4 is 15.1 Å². The van der Waals surface area contributed by atoms with Crippen molar-refractivity contribution in [3.63, 3.8) is 0 Å². The number of hydrogen-bond donors (Lipinski definition) is 1.